The van der Waals surface area contributed by atoms with Crippen molar-refractivity contribution in [1.82, 2.24) is 9.62 Å². The second-order valence-electron chi connectivity index (χ2n) is 5.94. The highest BCUT2D eigenvalue weighted by atomic mass is 32.2. The minimum absolute atomic E-state index is 0.273. The van der Waals surface area contributed by atoms with Crippen molar-refractivity contribution in [2.24, 2.45) is 5.92 Å². The first-order valence-corrected chi connectivity index (χ1v) is 8.45. The average Bonchev–Trinajstić information content (AvgIpc) is 2.36. The van der Waals surface area contributed by atoms with E-state index in [-0.39, 0.29) is 5.92 Å². The van der Waals surface area contributed by atoms with Gasteiger partial charge in [0, 0.05) is 13.1 Å². The summed E-state index contributed by atoms with van der Waals surface area (Å²) >= 11 is 0. The zero-order valence-corrected chi connectivity index (χ0v) is 13.9. The molecular weight excluding hydrogens is 272 g/mol. The van der Waals surface area contributed by atoms with Crippen LogP contribution < -0.4 is 4.72 Å². The predicted molar refractivity (Wildman–Crippen MR) is 83.4 cm³/mol. The van der Waals surface area contributed by atoms with Gasteiger partial charge in [-0.2, -0.15) is 0 Å². The van der Waals surface area contributed by atoms with Crippen molar-refractivity contribution in [3.05, 3.63) is 29.8 Å². The predicted octanol–water partition coefficient (Wildman–Crippen LogP) is 2.29. The van der Waals surface area contributed by atoms with Crippen LogP contribution in [0.4, 0.5) is 0 Å². The Bertz CT molecular complexity index is 507. The minimum atomic E-state index is -3.40. The highest BCUT2D eigenvalue weighted by molar-refractivity contribution is 7.89. The van der Waals surface area contributed by atoms with Gasteiger partial charge in [0.2, 0.25) is 10.0 Å². The number of rotatable bonds is 7. The Labute approximate surface area is 123 Å². The fraction of sp³-hybridized carbons (Fsp3) is 0.600. The summed E-state index contributed by atoms with van der Waals surface area (Å²) in [6, 6.07) is 7.10. The lowest BCUT2D eigenvalue weighted by molar-refractivity contribution is 0.339. The molecule has 0 spiro atoms. The molecule has 0 amide bonds. The summed E-state index contributed by atoms with van der Waals surface area (Å²) in [5, 5.41) is 0. The monoisotopic (exact) mass is 298 g/mol. The van der Waals surface area contributed by atoms with Gasteiger partial charge < -0.3 is 4.90 Å². The zero-order valence-electron chi connectivity index (χ0n) is 13.1. The summed E-state index contributed by atoms with van der Waals surface area (Å²) in [6.07, 6.45) is 0. The van der Waals surface area contributed by atoms with Crippen molar-refractivity contribution in [1.29, 1.82) is 0 Å². The molecule has 0 aliphatic carbocycles. The Balaban J connectivity index is 2.69. The number of nitrogens with one attached hydrogen (secondary N) is 1. The fourth-order valence-electron chi connectivity index (χ4n) is 2.06. The first-order chi connectivity index (χ1) is 9.22. The molecule has 0 radical (unpaired) electrons. The van der Waals surface area contributed by atoms with Gasteiger partial charge in [0.05, 0.1) is 4.90 Å². The summed E-state index contributed by atoms with van der Waals surface area (Å²) in [5.74, 6) is 0.675. The normalized spacial score (nSPS) is 13.9. The third kappa shape index (κ3) is 5.23. The van der Waals surface area contributed by atoms with Crippen LogP contribution in [0, 0.1) is 5.92 Å². The third-order valence-electron chi connectivity index (χ3n) is 3.16. The summed E-state index contributed by atoms with van der Waals surface area (Å²) in [5.41, 5.74) is 1.14. The SMILES string of the molecule is CC(CNS(=O)(=O)c1ccc(C(C)C)cc1)CN(C)C. The Hall–Kier alpha value is -0.910. The van der Waals surface area contributed by atoms with Crippen LogP contribution in [0.1, 0.15) is 32.3 Å². The molecule has 0 aliphatic rings. The third-order valence-corrected chi connectivity index (χ3v) is 4.60. The van der Waals surface area contributed by atoms with Crippen molar-refractivity contribution in [2.75, 3.05) is 27.2 Å². The van der Waals surface area contributed by atoms with Gasteiger partial charge in [0.1, 0.15) is 0 Å². The average molecular weight is 298 g/mol. The number of hydrogen-bond acceptors (Lipinski definition) is 3. The lowest BCUT2D eigenvalue weighted by atomic mass is 10.0. The lowest BCUT2D eigenvalue weighted by Crippen LogP contribution is -2.32. The maximum Gasteiger partial charge on any atom is 0.240 e. The second-order valence-corrected chi connectivity index (χ2v) is 7.71. The van der Waals surface area contributed by atoms with Gasteiger partial charge >= 0.3 is 0 Å². The molecule has 0 aromatic heterocycles. The molecule has 0 saturated heterocycles. The molecule has 1 aromatic rings. The summed E-state index contributed by atoms with van der Waals surface area (Å²) in [7, 11) is 0.561. The van der Waals surface area contributed by atoms with E-state index in [2.05, 4.69) is 23.5 Å². The molecule has 0 heterocycles. The van der Waals surface area contributed by atoms with Gasteiger partial charge in [-0.3, -0.25) is 0 Å². The Morgan fingerprint density at radius 2 is 1.65 bits per heavy atom. The fourth-order valence-corrected chi connectivity index (χ4v) is 3.22. The van der Waals surface area contributed by atoms with Crippen LogP contribution in [-0.4, -0.2) is 40.5 Å². The van der Waals surface area contributed by atoms with Gasteiger partial charge in [-0.15, -0.1) is 0 Å². The van der Waals surface area contributed by atoms with Crippen LogP contribution >= 0.6 is 0 Å². The Morgan fingerprint density at radius 3 is 2.10 bits per heavy atom. The number of nitrogens with zero attached hydrogens (tertiary/aromatic N) is 1. The molecule has 0 bridgehead atoms. The van der Waals surface area contributed by atoms with Gasteiger partial charge in [0.15, 0.2) is 0 Å². The molecule has 0 aliphatic heterocycles. The van der Waals surface area contributed by atoms with E-state index in [1.165, 1.54) is 0 Å². The van der Waals surface area contributed by atoms with Crippen LogP contribution in [-0.2, 0) is 10.0 Å². The van der Waals surface area contributed by atoms with Gasteiger partial charge in [0.25, 0.3) is 0 Å². The minimum Gasteiger partial charge on any atom is -0.309 e. The standard InChI is InChI=1S/C15H26N2O2S/c1-12(2)14-6-8-15(9-7-14)20(18,19)16-10-13(3)11-17(4)5/h6-9,12-13,16H,10-11H2,1-5H3. The van der Waals surface area contributed by atoms with Crippen LogP contribution in [0.2, 0.25) is 0 Å². The highest BCUT2D eigenvalue weighted by Crippen LogP contribution is 2.17. The van der Waals surface area contributed by atoms with E-state index in [0.717, 1.165) is 12.1 Å². The molecule has 0 fully saturated rings. The Kier molecular flexibility index (Phi) is 6.17. The molecule has 20 heavy (non-hydrogen) atoms. The molecule has 1 atom stereocenters. The van der Waals surface area contributed by atoms with Crippen LogP contribution in [0.5, 0.6) is 0 Å². The van der Waals surface area contributed by atoms with Gasteiger partial charge in [-0.25, -0.2) is 13.1 Å². The Morgan fingerprint density at radius 1 is 1.10 bits per heavy atom. The van der Waals surface area contributed by atoms with Gasteiger partial charge in [-0.1, -0.05) is 32.9 Å². The molecule has 5 heteroatoms. The molecule has 1 aromatic carbocycles. The van der Waals surface area contributed by atoms with Crippen molar-refractivity contribution in [2.45, 2.75) is 31.6 Å². The molecule has 1 N–H and O–H groups in total. The molecule has 114 valence electrons. The maximum atomic E-state index is 12.2. The van der Waals surface area contributed by atoms with Gasteiger partial charge in [-0.05, 0) is 43.6 Å². The second kappa shape index (κ2) is 7.20. The number of benzene rings is 1. The van der Waals surface area contributed by atoms with Crippen LogP contribution in [0.25, 0.3) is 0 Å². The van der Waals surface area contributed by atoms with E-state index in [4.69, 9.17) is 0 Å². The van der Waals surface area contributed by atoms with Crippen molar-refractivity contribution >= 4 is 10.0 Å². The van der Waals surface area contributed by atoms with E-state index in [9.17, 15) is 8.42 Å². The topological polar surface area (TPSA) is 49.4 Å². The van der Waals surface area contributed by atoms with Crippen LogP contribution in [0.15, 0.2) is 29.2 Å². The largest absolute Gasteiger partial charge is 0.309 e. The molecule has 4 nitrogen and oxygen atoms in total. The smallest absolute Gasteiger partial charge is 0.240 e. The van der Waals surface area contributed by atoms with Crippen molar-refractivity contribution < 1.29 is 8.42 Å². The number of sulfonamides is 1. The first-order valence-electron chi connectivity index (χ1n) is 6.96. The first kappa shape index (κ1) is 17.1. The summed E-state index contributed by atoms with van der Waals surface area (Å²) in [6.45, 7) is 7.51. The molecular formula is C15H26N2O2S. The molecule has 1 unspecified atom stereocenters. The number of hydrogen-bond donors (Lipinski definition) is 1. The van der Waals surface area contributed by atoms with Crippen LogP contribution in [0.3, 0.4) is 0 Å². The zero-order chi connectivity index (χ0) is 15.3. The summed E-state index contributed by atoms with van der Waals surface area (Å²) < 4.78 is 27.0. The van der Waals surface area contributed by atoms with E-state index < -0.39 is 10.0 Å². The van der Waals surface area contributed by atoms with Crippen molar-refractivity contribution in [3.8, 4) is 0 Å². The quantitative estimate of drug-likeness (QED) is 0.840. The van der Waals surface area contributed by atoms with Crippen molar-refractivity contribution in [3.63, 3.8) is 0 Å². The molecule has 1 rings (SSSR count). The summed E-state index contributed by atoms with van der Waals surface area (Å²) in [4.78, 5) is 2.38. The lowest BCUT2D eigenvalue weighted by Gasteiger charge is -2.17. The highest BCUT2D eigenvalue weighted by Gasteiger charge is 2.15. The van der Waals surface area contributed by atoms with E-state index in [1.54, 1.807) is 12.1 Å². The van der Waals surface area contributed by atoms with E-state index in [0.29, 0.717) is 17.4 Å². The van der Waals surface area contributed by atoms with E-state index >= 15 is 0 Å². The van der Waals surface area contributed by atoms with E-state index in [1.807, 2.05) is 33.2 Å². The molecule has 0 saturated carbocycles. The maximum absolute atomic E-state index is 12.2.